The highest BCUT2D eigenvalue weighted by atomic mass is 79.9. The molecule has 1 aliphatic carbocycles. The lowest BCUT2D eigenvalue weighted by Gasteiger charge is -2.25. The number of aromatic nitrogens is 1. The highest BCUT2D eigenvalue weighted by molar-refractivity contribution is 9.09. The molecule has 1 nitrogen and oxygen atoms in total. The van der Waals surface area contributed by atoms with Crippen molar-refractivity contribution in [2.75, 3.05) is 0 Å². The Hall–Kier alpha value is -0.670. The van der Waals surface area contributed by atoms with Gasteiger partial charge in [-0.05, 0) is 12.0 Å². The maximum Gasteiger partial charge on any atom is 0.192 e. The lowest BCUT2D eigenvalue weighted by Crippen LogP contribution is -3.00. The molecular formula is C16H15Br2N. The van der Waals surface area contributed by atoms with E-state index < -0.39 is 0 Å². The second-order valence-electron chi connectivity index (χ2n) is 5.43. The molecule has 3 heteroatoms. The van der Waals surface area contributed by atoms with E-state index in [9.17, 15) is 0 Å². The van der Waals surface area contributed by atoms with E-state index in [0.29, 0.717) is 10.9 Å². The fourth-order valence-corrected chi connectivity index (χ4v) is 4.81. The summed E-state index contributed by atoms with van der Waals surface area (Å²) in [4.78, 5) is 0.595. The van der Waals surface area contributed by atoms with E-state index in [0.717, 1.165) is 0 Å². The number of fused-ring (bicyclic) bond motifs is 5. The summed E-state index contributed by atoms with van der Waals surface area (Å²) in [6, 6.07) is 18.2. The lowest BCUT2D eigenvalue weighted by molar-refractivity contribution is -0.718. The Morgan fingerprint density at radius 1 is 1.00 bits per heavy atom. The molecule has 0 amide bonds. The normalized spacial score (nSPS) is 30.8. The molecular weight excluding hydrogens is 366 g/mol. The van der Waals surface area contributed by atoms with E-state index in [4.69, 9.17) is 0 Å². The van der Waals surface area contributed by atoms with Crippen molar-refractivity contribution >= 4 is 15.9 Å². The van der Waals surface area contributed by atoms with Gasteiger partial charge in [0, 0.05) is 18.6 Å². The first kappa shape index (κ1) is 13.3. The van der Waals surface area contributed by atoms with Crippen molar-refractivity contribution in [1.29, 1.82) is 0 Å². The van der Waals surface area contributed by atoms with Gasteiger partial charge in [-0.2, -0.15) is 4.57 Å². The van der Waals surface area contributed by atoms with Gasteiger partial charge in [-0.1, -0.05) is 52.3 Å². The zero-order chi connectivity index (χ0) is 12.2. The van der Waals surface area contributed by atoms with Gasteiger partial charge in [0.2, 0.25) is 0 Å². The Morgan fingerprint density at radius 2 is 1.74 bits per heavy atom. The SMILES string of the molecule is Br[C@H]1C[C@@]2(c3ccccc3)C[C@@H]1[n+]1ccccc12.[Br-]. The number of nitrogens with zero attached hydrogens (tertiary/aromatic N) is 1. The van der Waals surface area contributed by atoms with Gasteiger partial charge in [-0.25, -0.2) is 0 Å². The standard InChI is InChI=1S/C16H15BrN.BrH/c17-13-10-16(12-6-2-1-3-7-12)11-14(13)18-9-5-4-8-15(16)18;/h1-9,13-14H,10-11H2;1H/q+1;/p-1/t13-,14-,16-;/m0./s1. The number of hydrogen-bond acceptors (Lipinski definition) is 0. The Morgan fingerprint density at radius 3 is 2.53 bits per heavy atom. The average Bonchev–Trinajstić information content (AvgIpc) is 2.94. The minimum atomic E-state index is 0. The van der Waals surface area contributed by atoms with Gasteiger partial charge in [0.1, 0.15) is 0 Å². The maximum atomic E-state index is 3.88. The van der Waals surface area contributed by atoms with Crippen LogP contribution >= 0.6 is 15.9 Å². The number of halogens is 2. The van der Waals surface area contributed by atoms with Crippen LogP contribution in [0.1, 0.15) is 30.1 Å². The van der Waals surface area contributed by atoms with Gasteiger partial charge in [0.25, 0.3) is 0 Å². The van der Waals surface area contributed by atoms with Crippen LogP contribution in [0.25, 0.3) is 0 Å². The molecule has 1 fully saturated rings. The monoisotopic (exact) mass is 379 g/mol. The van der Waals surface area contributed by atoms with Crippen LogP contribution in [0, 0.1) is 0 Å². The van der Waals surface area contributed by atoms with Gasteiger partial charge in [-0.3, -0.25) is 0 Å². The van der Waals surface area contributed by atoms with Crippen LogP contribution in [0.2, 0.25) is 0 Å². The van der Waals surface area contributed by atoms with Crippen molar-refractivity contribution in [2.24, 2.45) is 0 Å². The number of pyridine rings is 1. The van der Waals surface area contributed by atoms with Gasteiger partial charge in [0.05, 0.1) is 10.2 Å². The molecule has 0 N–H and O–H groups in total. The molecule has 0 radical (unpaired) electrons. The minimum Gasteiger partial charge on any atom is -1.00 e. The molecule has 2 bridgehead atoms. The third-order valence-corrected chi connectivity index (χ3v) is 5.52. The summed E-state index contributed by atoms with van der Waals surface area (Å²) in [5.41, 5.74) is 3.17. The maximum absolute atomic E-state index is 3.88. The molecule has 1 saturated carbocycles. The second kappa shape index (κ2) is 4.71. The highest BCUT2D eigenvalue weighted by Gasteiger charge is 2.60. The molecule has 19 heavy (non-hydrogen) atoms. The van der Waals surface area contributed by atoms with Gasteiger partial charge in [0.15, 0.2) is 17.9 Å². The van der Waals surface area contributed by atoms with Crippen LogP contribution in [0.15, 0.2) is 54.7 Å². The second-order valence-corrected chi connectivity index (χ2v) is 6.61. The fourth-order valence-electron chi connectivity index (χ4n) is 3.81. The van der Waals surface area contributed by atoms with Crippen LogP contribution in [-0.4, -0.2) is 4.83 Å². The van der Waals surface area contributed by atoms with Crippen LogP contribution < -0.4 is 21.5 Å². The van der Waals surface area contributed by atoms with Crippen LogP contribution in [0.4, 0.5) is 0 Å². The quantitative estimate of drug-likeness (QED) is 0.497. The average molecular weight is 381 g/mol. The van der Waals surface area contributed by atoms with Crippen LogP contribution in [0.3, 0.4) is 0 Å². The van der Waals surface area contributed by atoms with Crippen LogP contribution in [-0.2, 0) is 5.41 Å². The predicted molar refractivity (Wildman–Crippen MR) is 74.8 cm³/mol. The smallest absolute Gasteiger partial charge is 0.192 e. The molecule has 0 spiro atoms. The summed E-state index contributed by atoms with van der Waals surface area (Å²) in [6.45, 7) is 0. The number of hydrogen-bond donors (Lipinski definition) is 0. The number of alkyl halides is 1. The van der Waals surface area contributed by atoms with Gasteiger partial charge in [-0.15, -0.1) is 0 Å². The minimum absolute atomic E-state index is 0. The molecule has 0 saturated heterocycles. The predicted octanol–water partition coefficient (Wildman–Crippen LogP) is 0.376. The van der Waals surface area contributed by atoms with Gasteiger partial charge < -0.3 is 17.0 Å². The molecule has 1 aliphatic heterocycles. The Bertz CT molecular complexity index is 599. The van der Waals surface area contributed by atoms with Crippen molar-refractivity contribution in [1.82, 2.24) is 0 Å². The molecule has 4 rings (SSSR count). The first-order chi connectivity index (χ1) is 8.81. The summed E-state index contributed by atoms with van der Waals surface area (Å²) >= 11 is 3.88. The Labute approximate surface area is 132 Å². The van der Waals surface area contributed by atoms with E-state index in [1.165, 1.54) is 24.1 Å². The summed E-state index contributed by atoms with van der Waals surface area (Å²) in [5.74, 6) is 0. The highest BCUT2D eigenvalue weighted by Crippen LogP contribution is 2.54. The topological polar surface area (TPSA) is 3.88 Å². The third kappa shape index (κ3) is 1.74. The summed E-state index contributed by atoms with van der Waals surface area (Å²) < 4.78 is 2.47. The summed E-state index contributed by atoms with van der Waals surface area (Å²) in [6.07, 6.45) is 4.68. The zero-order valence-electron chi connectivity index (χ0n) is 10.5. The molecule has 3 atom stereocenters. The summed E-state index contributed by atoms with van der Waals surface area (Å²) in [7, 11) is 0. The molecule has 0 unspecified atom stereocenters. The van der Waals surface area contributed by atoms with E-state index in [1.807, 2.05) is 0 Å². The van der Waals surface area contributed by atoms with E-state index in [2.05, 4.69) is 75.2 Å². The summed E-state index contributed by atoms with van der Waals surface area (Å²) in [5, 5.41) is 0. The number of rotatable bonds is 1. The molecule has 1 aromatic carbocycles. The fraction of sp³-hybridized carbons (Fsp3) is 0.312. The first-order valence-electron chi connectivity index (χ1n) is 6.51. The van der Waals surface area contributed by atoms with Crippen molar-refractivity contribution in [2.45, 2.75) is 29.1 Å². The van der Waals surface area contributed by atoms with E-state index in [-0.39, 0.29) is 22.4 Å². The first-order valence-corrected chi connectivity index (χ1v) is 7.43. The van der Waals surface area contributed by atoms with Gasteiger partial charge >= 0.3 is 0 Å². The zero-order valence-corrected chi connectivity index (χ0v) is 13.6. The van der Waals surface area contributed by atoms with Crippen molar-refractivity contribution in [3.63, 3.8) is 0 Å². The molecule has 2 aliphatic rings. The number of benzene rings is 1. The van der Waals surface area contributed by atoms with Crippen molar-refractivity contribution in [3.8, 4) is 0 Å². The third-order valence-electron chi connectivity index (χ3n) is 4.58. The van der Waals surface area contributed by atoms with Crippen molar-refractivity contribution < 1.29 is 21.5 Å². The van der Waals surface area contributed by atoms with Crippen LogP contribution in [0.5, 0.6) is 0 Å². The Kier molecular flexibility index (Phi) is 3.30. The largest absolute Gasteiger partial charge is 1.00 e. The molecule has 98 valence electrons. The molecule has 2 aromatic rings. The van der Waals surface area contributed by atoms with E-state index in [1.54, 1.807) is 0 Å². The Balaban J connectivity index is 0.00000110. The van der Waals surface area contributed by atoms with Crippen molar-refractivity contribution in [3.05, 3.63) is 66.0 Å². The molecule has 1 aromatic heterocycles. The molecule has 2 heterocycles. The van der Waals surface area contributed by atoms with E-state index >= 15 is 0 Å². The lowest BCUT2D eigenvalue weighted by atomic mass is 9.77.